The second-order valence-corrected chi connectivity index (χ2v) is 4.44. The maximum absolute atomic E-state index is 5.69. The quantitative estimate of drug-likeness (QED) is 0.523. The average Bonchev–Trinajstić information content (AvgIpc) is 2.14. The minimum Gasteiger partial charge on any atom is -0.488 e. The Morgan fingerprint density at radius 1 is 1.20 bits per heavy atom. The molecule has 1 rings (SSSR count). The van der Waals surface area contributed by atoms with Crippen LogP contribution in [0, 0.1) is 11.8 Å². The summed E-state index contributed by atoms with van der Waals surface area (Å²) >= 11 is 5.47. The molecule has 0 saturated heterocycles. The van der Waals surface area contributed by atoms with Gasteiger partial charge in [0.1, 0.15) is 11.4 Å². The van der Waals surface area contributed by atoms with Gasteiger partial charge < -0.3 is 4.74 Å². The first-order valence-corrected chi connectivity index (χ1v) is 5.38. The molecule has 0 radical (unpaired) electrons. The van der Waals surface area contributed by atoms with Crippen molar-refractivity contribution >= 4 is 11.6 Å². The summed E-state index contributed by atoms with van der Waals surface area (Å²) in [5, 5.41) is 0. The second-order valence-electron chi connectivity index (χ2n) is 4.17. The van der Waals surface area contributed by atoms with Crippen molar-refractivity contribution in [1.82, 2.24) is 0 Å². The van der Waals surface area contributed by atoms with E-state index in [0.29, 0.717) is 5.88 Å². The molecule has 1 nitrogen and oxygen atoms in total. The SMILES string of the molecule is CC(C)(C)Oc1ccc(C#CCCl)cc1. The molecule has 80 valence electrons. The summed E-state index contributed by atoms with van der Waals surface area (Å²) in [5.74, 6) is 6.98. The standard InChI is InChI=1S/C13H15ClO/c1-13(2,3)15-12-8-6-11(7-9-12)5-4-10-14/h6-9H,10H2,1-3H3. The molecule has 0 saturated carbocycles. The normalized spacial score (nSPS) is 10.4. The first-order chi connectivity index (χ1) is 7.01. The highest BCUT2D eigenvalue weighted by atomic mass is 35.5. The van der Waals surface area contributed by atoms with Gasteiger partial charge in [0, 0.05) is 5.56 Å². The maximum Gasteiger partial charge on any atom is 0.120 e. The lowest BCUT2D eigenvalue weighted by Gasteiger charge is -2.21. The van der Waals surface area contributed by atoms with E-state index in [1.807, 2.05) is 45.0 Å². The summed E-state index contributed by atoms with van der Waals surface area (Å²) in [6.45, 7) is 6.07. The summed E-state index contributed by atoms with van der Waals surface area (Å²) in [5.41, 5.74) is 0.792. The fourth-order valence-corrected chi connectivity index (χ4v) is 1.16. The summed E-state index contributed by atoms with van der Waals surface area (Å²) < 4.78 is 5.69. The molecule has 1 aromatic rings. The van der Waals surface area contributed by atoms with Gasteiger partial charge in [0.15, 0.2) is 0 Å². The molecule has 0 aliphatic rings. The number of ether oxygens (including phenoxy) is 1. The largest absolute Gasteiger partial charge is 0.488 e. The average molecular weight is 223 g/mol. The van der Waals surface area contributed by atoms with Gasteiger partial charge in [-0.3, -0.25) is 0 Å². The summed E-state index contributed by atoms with van der Waals surface area (Å²) in [6, 6.07) is 7.70. The lowest BCUT2D eigenvalue weighted by Crippen LogP contribution is -2.22. The van der Waals surface area contributed by atoms with Gasteiger partial charge in [-0.25, -0.2) is 0 Å². The first kappa shape index (κ1) is 11.9. The number of hydrogen-bond donors (Lipinski definition) is 0. The zero-order chi connectivity index (χ0) is 11.3. The molecule has 0 aliphatic heterocycles. The Labute approximate surface area is 96.4 Å². The van der Waals surface area contributed by atoms with Crippen LogP contribution in [0.3, 0.4) is 0 Å². The smallest absolute Gasteiger partial charge is 0.120 e. The first-order valence-electron chi connectivity index (χ1n) is 4.85. The minimum atomic E-state index is -0.163. The molecule has 0 unspecified atom stereocenters. The van der Waals surface area contributed by atoms with Crippen LogP contribution in [0.1, 0.15) is 26.3 Å². The molecule has 0 amide bonds. The van der Waals surface area contributed by atoms with Crippen molar-refractivity contribution in [2.75, 3.05) is 5.88 Å². The third-order valence-corrected chi connectivity index (χ3v) is 1.71. The van der Waals surface area contributed by atoms with Crippen LogP contribution in [-0.4, -0.2) is 11.5 Å². The highest BCUT2D eigenvalue weighted by molar-refractivity contribution is 6.19. The van der Waals surface area contributed by atoms with E-state index in [1.54, 1.807) is 0 Å². The number of rotatable bonds is 1. The third kappa shape index (κ3) is 4.76. The highest BCUT2D eigenvalue weighted by Gasteiger charge is 2.10. The van der Waals surface area contributed by atoms with Gasteiger partial charge in [0.25, 0.3) is 0 Å². The van der Waals surface area contributed by atoms with Crippen molar-refractivity contribution in [1.29, 1.82) is 0 Å². The fourth-order valence-electron chi connectivity index (χ4n) is 1.10. The number of benzene rings is 1. The Morgan fingerprint density at radius 3 is 2.27 bits per heavy atom. The van der Waals surface area contributed by atoms with Gasteiger partial charge in [0.2, 0.25) is 0 Å². The molecule has 0 bridgehead atoms. The van der Waals surface area contributed by atoms with Gasteiger partial charge >= 0.3 is 0 Å². The number of alkyl halides is 1. The van der Waals surface area contributed by atoms with Crippen molar-refractivity contribution in [3.63, 3.8) is 0 Å². The van der Waals surface area contributed by atoms with Crippen LogP contribution in [0.25, 0.3) is 0 Å². The van der Waals surface area contributed by atoms with E-state index in [9.17, 15) is 0 Å². The van der Waals surface area contributed by atoms with E-state index >= 15 is 0 Å². The molecule has 0 fully saturated rings. The van der Waals surface area contributed by atoms with Gasteiger partial charge in [-0.2, -0.15) is 0 Å². The Hall–Kier alpha value is -1.13. The molecule has 0 N–H and O–H groups in total. The molecule has 2 heteroatoms. The predicted octanol–water partition coefficient (Wildman–Crippen LogP) is 3.45. The van der Waals surface area contributed by atoms with Crippen LogP contribution in [0.5, 0.6) is 5.75 Å². The van der Waals surface area contributed by atoms with E-state index in [4.69, 9.17) is 16.3 Å². The topological polar surface area (TPSA) is 9.23 Å². The van der Waals surface area contributed by atoms with Gasteiger partial charge in [-0.05, 0) is 45.0 Å². The molecule has 0 aromatic heterocycles. The van der Waals surface area contributed by atoms with Gasteiger partial charge in [0.05, 0.1) is 5.88 Å². The lowest BCUT2D eigenvalue weighted by atomic mass is 10.2. The molecule has 0 heterocycles. The Bertz CT molecular complexity index is 362. The third-order valence-electron chi connectivity index (χ3n) is 1.58. The van der Waals surface area contributed by atoms with Crippen molar-refractivity contribution in [2.24, 2.45) is 0 Å². The molecule has 1 aromatic carbocycles. The molecular weight excluding hydrogens is 208 g/mol. The molecule has 0 atom stereocenters. The van der Waals surface area contributed by atoms with Crippen LogP contribution in [0.2, 0.25) is 0 Å². The van der Waals surface area contributed by atoms with E-state index in [1.165, 1.54) is 0 Å². The van der Waals surface area contributed by atoms with Crippen LogP contribution in [-0.2, 0) is 0 Å². The number of hydrogen-bond acceptors (Lipinski definition) is 1. The van der Waals surface area contributed by atoms with Crippen molar-refractivity contribution in [3.05, 3.63) is 29.8 Å². The minimum absolute atomic E-state index is 0.163. The Kier molecular flexibility index (Phi) is 4.05. The predicted molar refractivity (Wildman–Crippen MR) is 64.4 cm³/mol. The lowest BCUT2D eigenvalue weighted by molar-refractivity contribution is 0.131. The van der Waals surface area contributed by atoms with E-state index in [2.05, 4.69) is 11.8 Å². The zero-order valence-electron chi connectivity index (χ0n) is 9.30. The fraction of sp³-hybridized carbons (Fsp3) is 0.385. The van der Waals surface area contributed by atoms with E-state index in [-0.39, 0.29) is 5.60 Å². The molecule has 0 spiro atoms. The van der Waals surface area contributed by atoms with E-state index < -0.39 is 0 Å². The zero-order valence-corrected chi connectivity index (χ0v) is 10.1. The van der Waals surface area contributed by atoms with Crippen molar-refractivity contribution in [2.45, 2.75) is 26.4 Å². The summed E-state index contributed by atoms with van der Waals surface area (Å²) in [4.78, 5) is 0. The Morgan fingerprint density at radius 2 is 1.80 bits per heavy atom. The van der Waals surface area contributed by atoms with Gasteiger partial charge in [-0.1, -0.05) is 11.8 Å². The van der Waals surface area contributed by atoms with Crippen LogP contribution >= 0.6 is 11.6 Å². The second kappa shape index (κ2) is 5.09. The Balaban J connectivity index is 2.73. The van der Waals surface area contributed by atoms with E-state index in [0.717, 1.165) is 11.3 Å². The monoisotopic (exact) mass is 222 g/mol. The summed E-state index contributed by atoms with van der Waals surface area (Å²) in [7, 11) is 0. The maximum atomic E-state index is 5.69. The van der Waals surface area contributed by atoms with Crippen molar-refractivity contribution < 1.29 is 4.74 Å². The molecule has 0 aliphatic carbocycles. The molecule has 15 heavy (non-hydrogen) atoms. The molecular formula is C13H15ClO. The van der Waals surface area contributed by atoms with Gasteiger partial charge in [-0.15, -0.1) is 11.6 Å². The highest BCUT2D eigenvalue weighted by Crippen LogP contribution is 2.17. The number of halogens is 1. The van der Waals surface area contributed by atoms with Crippen LogP contribution in [0.4, 0.5) is 0 Å². The summed E-state index contributed by atoms with van der Waals surface area (Å²) in [6.07, 6.45) is 0. The van der Waals surface area contributed by atoms with Crippen LogP contribution < -0.4 is 4.74 Å². The van der Waals surface area contributed by atoms with Crippen LogP contribution in [0.15, 0.2) is 24.3 Å². The van der Waals surface area contributed by atoms with Crippen molar-refractivity contribution in [3.8, 4) is 17.6 Å².